The summed E-state index contributed by atoms with van der Waals surface area (Å²) in [4.78, 5) is 7.05. The Morgan fingerprint density at radius 2 is 1.89 bits per heavy atom. The first-order valence-electron chi connectivity index (χ1n) is 8.70. The van der Waals surface area contributed by atoms with E-state index >= 15 is 0 Å². The van der Waals surface area contributed by atoms with Gasteiger partial charge in [0, 0.05) is 28.2 Å². The highest BCUT2D eigenvalue weighted by Crippen LogP contribution is 2.41. The summed E-state index contributed by atoms with van der Waals surface area (Å²) in [5, 5.41) is 0.856. The van der Waals surface area contributed by atoms with E-state index in [1.807, 2.05) is 13.0 Å². The average molecular weight is 495 g/mol. The van der Waals surface area contributed by atoms with Gasteiger partial charge < -0.3 is 9.64 Å². The van der Waals surface area contributed by atoms with Crippen LogP contribution in [0.25, 0.3) is 11.0 Å². The second-order valence-corrected chi connectivity index (χ2v) is 10.5. The lowest BCUT2D eigenvalue weighted by molar-refractivity contribution is -0.127. The number of hydrogen-bond acceptors (Lipinski definition) is 5. The van der Waals surface area contributed by atoms with E-state index < -0.39 is 10.0 Å². The van der Waals surface area contributed by atoms with E-state index in [4.69, 9.17) is 4.74 Å². The topological polar surface area (TPSA) is 64.4 Å². The molecule has 0 unspecified atom stereocenters. The minimum Gasteiger partial charge on any atom is -0.380 e. The SMILES string of the molecule is Cc1ccc(S(=O)(=O)n2cc(I)c3cc(N4CC5(COC5)C4)cnc32)cc1. The molecule has 0 radical (unpaired) electrons. The quantitative estimate of drug-likeness (QED) is 0.523. The monoisotopic (exact) mass is 495 g/mol. The molecule has 6 nitrogen and oxygen atoms in total. The van der Waals surface area contributed by atoms with Crippen molar-refractivity contribution in [1.29, 1.82) is 0 Å². The third kappa shape index (κ3) is 2.68. The summed E-state index contributed by atoms with van der Waals surface area (Å²) >= 11 is 2.18. The predicted molar refractivity (Wildman–Crippen MR) is 112 cm³/mol. The molecule has 27 heavy (non-hydrogen) atoms. The van der Waals surface area contributed by atoms with E-state index in [9.17, 15) is 8.42 Å². The van der Waals surface area contributed by atoms with Crippen molar-refractivity contribution < 1.29 is 13.2 Å². The van der Waals surface area contributed by atoms with Crippen molar-refractivity contribution in [2.45, 2.75) is 11.8 Å². The number of pyridine rings is 1. The van der Waals surface area contributed by atoms with Crippen LogP contribution in [0.15, 0.2) is 47.6 Å². The van der Waals surface area contributed by atoms with Crippen molar-refractivity contribution in [2.24, 2.45) is 5.41 Å². The Bertz CT molecular complexity index is 1140. The number of hydrogen-bond donors (Lipinski definition) is 0. The number of nitrogens with zero attached hydrogens (tertiary/aromatic N) is 3. The van der Waals surface area contributed by atoms with Crippen molar-refractivity contribution in [3.05, 3.63) is 51.9 Å². The van der Waals surface area contributed by atoms with Gasteiger partial charge in [-0.15, -0.1) is 0 Å². The Morgan fingerprint density at radius 3 is 2.52 bits per heavy atom. The lowest BCUT2D eigenvalue weighted by Crippen LogP contribution is -2.66. The van der Waals surface area contributed by atoms with Crippen LogP contribution in [-0.4, -0.2) is 43.7 Å². The number of aryl methyl sites for hydroxylation is 1. The van der Waals surface area contributed by atoms with E-state index in [-0.39, 0.29) is 4.90 Å². The molecule has 1 aromatic carbocycles. The molecule has 0 saturated carbocycles. The molecule has 140 valence electrons. The maximum absolute atomic E-state index is 13.1. The standard InChI is InChI=1S/C19H18IN3O3S/c1-13-2-4-15(5-3-13)27(24,25)23-8-17(20)16-6-14(7-21-18(16)23)22-9-19(10-22)11-26-12-19/h2-8H,9-12H2,1H3. The highest BCUT2D eigenvalue weighted by Gasteiger charge is 2.49. The molecule has 2 aliphatic heterocycles. The number of fused-ring (bicyclic) bond motifs is 1. The maximum Gasteiger partial charge on any atom is 0.269 e. The van der Waals surface area contributed by atoms with Crippen molar-refractivity contribution in [2.75, 3.05) is 31.2 Å². The molecule has 3 aromatic rings. The van der Waals surface area contributed by atoms with Gasteiger partial charge in [-0.25, -0.2) is 17.4 Å². The number of halogens is 1. The zero-order chi connectivity index (χ0) is 18.8. The number of benzene rings is 1. The van der Waals surface area contributed by atoms with Crippen molar-refractivity contribution in [1.82, 2.24) is 8.96 Å². The van der Waals surface area contributed by atoms with Crippen LogP contribution in [0.2, 0.25) is 0 Å². The Labute approximate surface area is 171 Å². The van der Waals surface area contributed by atoms with Gasteiger partial charge in [0.05, 0.1) is 35.4 Å². The van der Waals surface area contributed by atoms with Gasteiger partial charge in [0.1, 0.15) is 0 Å². The third-order valence-electron chi connectivity index (χ3n) is 5.36. The van der Waals surface area contributed by atoms with E-state index in [2.05, 4.69) is 32.5 Å². The van der Waals surface area contributed by atoms with Crippen LogP contribution in [0, 0.1) is 15.9 Å². The summed E-state index contributed by atoms with van der Waals surface area (Å²) < 4.78 is 33.7. The smallest absolute Gasteiger partial charge is 0.269 e. The van der Waals surface area contributed by atoms with Gasteiger partial charge in [0.15, 0.2) is 5.65 Å². The molecule has 4 heterocycles. The maximum atomic E-state index is 13.1. The Balaban J connectivity index is 1.53. The molecule has 2 fully saturated rings. The fourth-order valence-corrected chi connectivity index (χ4v) is 5.92. The van der Waals surface area contributed by atoms with Crippen LogP contribution in [0.1, 0.15) is 5.56 Å². The fraction of sp³-hybridized carbons (Fsp3) is 0.316. The zero-order valence-corrected chi connectivity index (χ0v) is 17.7. The second-order valence-electron chi connectivity index (χ2n) is 7.50. The molecule has 2 aliphatic rings. The number of aromatic nitrogens is 2. The zero-order valence-electron chi connectivity index (χ0n) is 14.7. The first-order valence-corrected chi connectivity index (χ1v) is 11.2. The van der Waals surface area contributed by atoms with Gasteiger partial charge >= 0.3 is 0 Å². The van der Waals surface area contributed by atoms with Crippen LogP contribution in [0.4, 0.5) is 5.69 Å². The molecule has 1 spiro atoms. The van der Waals surface area contributed by atoms with Crippen LogP contribution in [0.3, 0.4) is 0 Å². The van der Waals surface area contributed by atoms with Gasteiger partial charge in [0.25, 0.3) is 10.0 Å². The third-order valence-corrected chi connectivity index (χ3v) is 7.88. The second kappa shape index (κ2) is 5.92. The lowest BCUT2D eigenvalue weighted by Gasteiger charge is -2.55. The Kier molecular flexibility index (Phi) is 3.83. The van der Waals surface area contributed by atoms with Crippen molar-refractivity contribution in [3.8, 4) is 0 Å². The summed E-state index contributed by atoms with van der Waals surface area (Å²) in [7, 11) is -3.68. The summed E-state index contributed by atoms with van der Waals surface area (Å²) in [5.41, 5.74) is 2.84. The largest absolute Gasteiger partial charge is 0.380 e. The van der Waals surface area contributed by atoms with Crippen molar-refractivity contribution >= 4 is 49.3 Å². The van der Waals surface area contributed by atoms with E-state index in [0.717, 1.165) is 46.5 Å². The number of ether oxygens (including phenoxy) is 1. The first kappa shape index (κ1) is 17.4. The van der Waals surface area contributed by atoms with E-state index in [1.54, 1.807) is 36.7 Å². The Morgan fingerprint density at radius 1 is 1.19 bits per heavy atom. The normalized spacial score (nSPS) is 18.5. The van der Waals surface area contributed by atoms with Gasteiger partial charge in [-0.3, -0.25) is 0 Å². The number of rotatable bonds is 3. The minimum atomic E-state index is -3.68. The molecule has 5 rings (SSSR count). The molecule has 0 amide bonds. The van der Waals surface area contributed by atoms with Crippen molar-refractivity contribution in [3.63, 3.8) is 0 Å². The highest BCUT2D eigenvalue weighted by atomic mass is 127. The fourth-order valence-electron chi connectivity index (χ4n) is 3.73. The molecule has 2 saturated heterocycles. The molecular formula is C19H18IN3O3S. The van der Waals surface area contributed by atoms with E-state index in [0.29, 0.717) is 11.1 Å². The van der Waals surface area contributed by atoms with E-state index in [1.165, 1.54) is 3.97 Å². The molecule has 8 heteroatoms. The summed E-state index contributed by atoms with van der Waals surface area (Å²) in [5.74, 6) is 0. The molecule has 0 bridgehead atoms. The van der Waals surface area contributed by atoms with Gasteiger partial charge in [-0.2, -0.15) is 0 Å². The molecule has 0 atom stereocenters. The van der Waals surface area contributed by atoms with Crippen LogP contribution >= 0.6 is 22.6 Å². The Hall–Kier alpha value is -1.65. The van der Waals surface area contributed by atoms with Gasteiger partial charge in [-0.1, -0.05) is 17.7 Å². The van der Waals surface area contributed by atoms with Gasteiger partial charge in [-0.05, 0) is 47.7 Å². The van der Waals surface area contributed by atoms with Crippen LogP contribution in [0.5, 0.6) is 0 Å². The summed E-state index contributed by atoms with van der Waals surface area (Å²) in [6, 6.07) is 8.92. The summed E-state index contributed by atoms with van der Waals surface area (Å²) in [6.07, 6.45) is 3.42. The highest BCUT2D eigenvalue weighted by molar-refractivity contribution is 14.1. The average Bonchev–Trinajstić information content (AvgIpc) is 2.90. The molecule has 2 aromatic heterocycles. The number of anilines is 1. The minimum absolute atomic E-state index is 0.266. The predicted octanol–water partition coefficient (Wildman–Crippen LogP) is 3.02. The molecule has 0 aliphatic carbocycles. The lowest BCUT2D eigenvalue weighted by atomic mass is 9.78. The molecular weight excluding hydrogens is 477 g/mol. The van der Waals surface area contributed by atoms with Gasteiger partial charge in [0.2, 0.25) is 0 Å². The van der Waals surface area contributed by atoms with Crippen LogP contribution < -0.4 is 4.90 Å². The first-order chi connectivity index (χ1) is 12.9. The molecule has 0 N–H and O–H groups in total. The summed E-state index contributed by atoms with van der Waals surface area (Å²) in [6.45, 7) is 5.55. The van der Waals surface area contributed by atoms with Crippen LogP contribution in [-0.2, 0) is 14.8 Å².